The summed E-state index contributed by atoms with van der Waals surface area (Å²) in [6.45, 7) is 4.46. The van der Waals surface area contributed by atoms with Crippen LogP contribution in [-0.4, -0.2) is 33.5 Å². The van der Waals surface area contributed by atoms with E-state index in [1.54, 1.807) is 29.5 Å². The molecule has 0 aliphatic rings. The van der Waals surface area contributed by atoms with Crippen LogP contribution in [0.1, 0.15) is 27.2 Å². The van der Waals surface area contributed by atoms with Crippen molar-refractivity contribution >= 4 is 44.9 Å². The maximum absolute atomic E-state index is 12.4. The third-order valence-corrected chi connectivity index (χ3v) is 6.09. The van der Waals surface area contributed by atoms with Crippen molar-refractivity contribution in [1.29, 1.82) is 0 Å². The Balaban J connectivity index is 1.51. The summed E-state index contributed by atoms with van der Waals surface area (Å²) < 4.78 is 0. The van der Waals surface area contributed by atoms with Crippen LogP contribution in [0.15, 0.2) is 54.9 Å². The summed E-state index contributed by atoms with van der Waals surface area (Å²) >= 11 is 1.61. The molecule has 0 aliphatic heterocycles. The van der Waals surface area contributed by atoms with Crippen molar-refractivity contribution in [2.45, 2.75) is 20.3 Å². The molecule has 0 atom stereocenters. The minimum atomic E-state index is -1.08. The highest BCUT2D eigenvalue weighted by Gasteiger charge is 2.17. The first-order valence-electron chi connectivity index (χ1n) is 10.1. The Kier molecular flexibility index (Phi) is 6.13. The molecule has 3 N–H and O–H groups in total. The van der Waals surface area contributed by atoms with Crippen molar-refractivity contribution in [3.63, 3.8) is 0 Å². The summed E-state index contributed by atoms with van der Waals surface area (Å²) in [6, 6.07) is 14.7. The Morgan fingerprint density at radius 3 is 2.53 bits per heavy atom. The fourth-order valence-corrected chi connectivity index (χ4v) is 4.54. The minimum Gasteiger partial charge on any atom is -0.478 e. The molecule has 0 bridgehead atoms. The van der Waals surface area contributed by atoms with E-state index >= 15 is 0 Å². The number of fused-ring (bicyclic) bond motifs is 1. The van der Waals surface area contributed by atoms with Crippen molar-refractivity contribution < 1.29 is 14.7 Å². The molecule has 1 amide bonds. The van der Waals surface area contributed by atoms with E-state index in [0.29, 0.717) is 12.4 Å². The zero-order valence-corrected chi connectivity index (χ0v) is 18.5. The summed E-state index contributed by atoms with van der Waals surface area (Å²) in [6.07, 6.45) is 1.67. The van der Waals surface area contributed by atoms with Crippen LogP contribution in [0.2, 0.25) is 0 Å². The van der Waals surface area contributed by atoms with E-state index in [0.717, 1.165) is 26.2 Å². The first-order chi connectivity index (χ1) is 15.4. The lowest BCUT2D eigenvalue weighted by molar-refractivity contribution is -0.115. The number of hydrogen-bond acceptors (Lipinski definition) is 6. The molecule has 4 rings (SSSR count). The van der Waals surface area contributed by atoms with Crippen LogP contribution in [0, 0.1) is 13.8 Å². The molecule has 162 valence electrons. The monoisotopic (exact) mass is 446 g/mol. The van der Waals surface area contributed by atoms with Gasteiger partial charge in [-0.1, -0.05) is 42.0 Å². The number of nitrogens with zero attached hydrogens (tertiary/aromatic N) is 2. The topological polar surface area (TPSA) is 104 Å². The van der Waals surface area contributed by atoms with Gasteiger partial charge in [0.15, 0.2) is 0 Å². The molecule has 0 saturated heterocycles. The quantitative estimate of drug-likeness (QED) is 0.364. The molecule has 2 aromatic heterocycles. The summed E-state index contributed by atoms with van der Waals surface area (Å²) in [5, 5.41) is 16.1. The lowest BCUT2D eigenvalue weighted by Crippen LogP contribution is -2.18. The predicted octanol–water partition coefficient (Wildman–Crippen LogP) is 5.11. The number of nitrogens with one attached hydrogen (secondary N) is 2. The molecule has 32 heavy (non-hydrogen) atoms. The Hall–Kier alpha value is -3.78. The Morgan fingerprint density at radius 1 is 1.03 bits per heavy atom. The van der Waals surface area contributed by atoms with Crippen molar-refractivity contribution in [3.8, 4) is 11.1 Å². The van der Waals surface area contributed by atoms with Gasteiger partial charge in [-0.2, -0.15) is 0 Å². The van der Waals surface area contributed by atoms with E-state index < -0.39 is 5.97 Å². The number of anilines is 2. The number of thiophene rings is 1. The number of benzene rings is 2. The molecule has 8 heteroatoms. The van der Waals surface area contributed by atoms with E-state index in [2.05, 4.69) is 58.7 Å². The molecule has 2 aromatic carbocycles. The Labute approximate surface area is 189 Å². The molecule has 4 aromatic rings. The van der Waals surface area contributed by atoms with Gasteiger partial charge in [-0.3, -0.25) is 4.79 Å². The first-order valence-corrected chi connectivity index (χ1v) is 10.9. The number of carboxylic acid groups (broad SMARTS) is 1. The summed E-state index contributed by atoms with van der Waals surface area (Å²) in [7, 11) is 0. The van der Waals surface area contributed by atoms with Gasteiger partial charge >= 0.3 is 5.97 Å². The second-order valence-electron chi connectivity index (χ2n) is 7.38. The number of aromatic nitrogens is 2. The number of amides is 1. The van der Waals surface area contributed by atoms with Gasteiger partial charge in [0.1, 0.15) is 17.0 Å². The van der Waals surface area contributed by atoms with Gasteiger partial charge in [0.05, 0.1) is 16.6 Å². The van der Waals surface area contributed by atoms with E-state index in [4.69, 9.17) is 0 Å². The van der Waals surface area contributed by atoms with Crippen LogP contribution in [0.5, 0.6) is 0 Å². The van der Waals surface area contributed by atoms with Crippen molar-refractivity contribution in [3.05, 3.63) is 70.9 Å². The number of aromatic carboxylic acids is 1. The van der Waals surface area contributed by atoms with Crippen LogP contribution in [0.25, 0.3) is 21.3 Å². The Morgan fingerprint density at radius 2 is 1.78 bits per heavy atom. The molecule has 0 aliphatic carbocycles. The molecular formula is C24H22N4O3S. The number of carbonyl (C=O) groups is 2. The third kappa shape index (κ3) is 4.45. The van der Waals surface area contributed by atoms with Crippen molar-refractivity contribution in [2.75, 3.05) is 17.2 Å². The van der Waals surface area contributed by atoms with E-state index in [-0.39, 0.29) is 23.6 Å². The molecule has 0 spiro atoms. The lowest BCUT2D eigenvalue weighted by Gasteiger charge is -2.10. The zero-order valence-electron chi connectivity index (χ0n) is 17.7. The molecule has 0 fully saturated rings. The van der Waals surface area contributed by atoms with E-state index in [1.165, 1.54) is 18.0 Å². The SMILES string of the molecule is Cc1ccc(-c2c(C)sc3ncnc(NCCC(=O)Nc4ccccc4C(=O)O)c23)cc1. The highest BCUT2D eigenvalue weighted by molar-refractivity contribution is 7.19. The number of aryl methyl sites for hydroxylation is 2. The highest BCUT2D eigenvalue weighted by atomic mass is 32.1. The highest BCUT2D eigenvalue weighted by Crippen LogP contribution is 2.40. The predicted molar refractivity (Wildman–Crippen MR) is 127 cm³/mol. The number of hydrogen-bond donors (Lipinski definition) is 3. The van der Waals surface area contributed by atoms with Gasteiger partial charge in [0.2, 0.25) is 5.91 Å². The molecule has 0 radical (unpaired) electrons. The van der Waals surface area contributed by atoms with Gasteiger partial charge in [-0.25, -0.2) is 14.8 Å². The number of carboxylic acids is 1. The van der Waals surface area contributed by atoms with Gasteiger partial charge in [-0.05, 0) is 31.5 Å². The van der Waals surface area contributed by atoms with Crippen LogP contribution >= 0.6 is 11.3 Å². The summed E-state index contributed by atoms with van der Waals surface area (Å²) in [5.74, 6) is -0.690. The number of rotatable bonds is 7. The largest absolute Gasteiger partial charge is 0.478 e. The van der Waals surface area contributed by atoms with Gasteiger partial charge < -0.3 is 15.7 Å². The normalized spacial score (nSPS) is 10.8. The fourth-order valence-electron chi connectivity index (χ4n) is 3.53. The summed E-state index contributed by atoms with van der Waals surface area (Å²) in [4.78, 5) is 34.6. The lowest BCUT2D eigenvalue weighted by atomic mass is 10.0. The maximum Gasteiger partial charge on any atom is 0.337 e. The molecule has 7 nitrogen and oxygen atoms in total. The van der Waals surface area contributed by atoms with Crippen LogP contribution < -0.4 is 10.6 Å². The second kappa shape index (κ2) is 9.15. The summed E-state index contributed by atoms with van der Waals surface area (Å²) in [5.41, 5.74) is 3.72. The maximum atomic E-state index is 12.4. The zero-order chi connectivity index (χ0) is 22.7. The Bertz CT molecular complexity index is 1300. The third-order valence-electron chi connectivity index (χ3n) is 5.08. The average Bonchev–Trinajstić information content (AvgIpc) is 3.11. The van der Waals surface area contributed by atoms with Crippen molar-refractivity contribution in [1.82, 2.24) is 9.97 Å². The molecular weight excluding hydrogens is 424 g/mol. The van der Waals surface area contributed by atoms with Crippen LogP contribution in [0.3, 0.4) is 0 Å². The standard InChI is InChI=1S/C24H22N4O3S/c1-14-7-9-16(10-8-14)20-15(2)32-23-21(20)22(26-13-27-23)25-12-11-19(29)28-18-6-4-3-5-17(18)24(30)31/h3-10,13H,11-12H2,1-2H3,(H,28,29)(H,30,31)(H,25,26,27). The fraction of sp³-hybridized carbons (Fsp3) is 0.167. The minimum absolute atomic E-state index is 0.0582. The van der Waals surface area contributed by atoms with Gasteiger partial charge in [0.25, 0.3) is 0 Å². The second-order valence-corrected chi connectivity index (χ2v) is 8.58. The van der Waals surface area contributed by atoms with Gasteiger partial charge in [0, 0.05) is 23.4 Å². The van der Waals surface area contributed by atoms with Crippen molar-refractivity contribution in [2.24, 2.45) is 0 Å². The number of para-hydroxylation sites is 1. The smallest absolute Gasteiger partial charge is 0.337 e. The van der Waals surface area contributed by atoms with E-state index in [9.17, 15) is 14.7 Å². The molecule has 2 heterocycles. The first kappa shape index (κ1) is 21.5. The average molecular weight is 447 g/mol. The van der Waals surface area contributed by atoms with Crippen LogP contribution in [0.4, 0.5) is 11.5 Å². The molecule has 0 saturated carbocycles. The molecule has 0 unspecified atom stereocenters. The number of carbonyl (C=O) groups excluding carboxylic acids is 1. The van der Waals surface area contributed by atoms with Crippen LogP contribution in [-0.2, 0) is 4.79 Å². The van der Waals surface area contributed by atoms with Gasteiger partial charge in [-0.15, -0.1) is 11.3 Å². The van der Waals surface area contributed by atoms with E-state index in [1.807, 2.05) is 0 Å².